The number of benzene rings is 2. The first-order valence-corrected chi connectivity index (χ1v) is 17.6. The minimum absolute atomic E-state index is 0.00973. The molecule has 3 heterocycles. The van der Waals surface area contributed by atoms with Gasteiger partial charge in [0.05, 0.1) is 28.8 Å². The van der Waals surface area contributed by atoms with Gasteiger partial charge in [0.2, 0.25) is 0 Å². The third-order valence-electron chi connectivity index (χ3n) is 10.8. The smallest absolute Gasteiger partial charge is 0.378 e. The van der Waals surface area contributed by atoms with Gasteiger partial charge in [-0.3, -0.25) is 9.59 Å². The number of aliphatic hydroxyl groups excluding tert-OH is 1. The summed E-state index contributed by atoms with van der Waals surface area (Å²) in [6.45, 7) is 1.33. The molecule has 7 rings (SSSR count). The number of aryl methyl sites for hydroxylation is 1. The first-order chi connectivity index (χ1) is 24.0. The molecule has 1 atom stereocenters. The quantitative estimate of drug-likeness (QED) is 0.293. The second kappa shape index (κ2) is 13.7. The van der Waals surface area contributed by atoms with Crippen molar-refractivity contribution in [1.29, 1.82) is 0 Å². The van der Waals surface area contributed by atoms with Crippen molar-refractivity contribution in [3.05, 3.63) is 104 Å². The van der Waals surface area contributed by atoms with E-state index in [0.717, 1.165) is 61.4 Å². The van der Waals surface area contributed by atoms with E-state index in [0.29, 0.717) is 43.0 Å². The van der Waals surface area contributed by atoms with E-state index in [-0.39, 0.29) is 36.3 Å². The number of urea groups is 1. The molecule has 0 saturated heterocycles. The number of nitrogens with zero attached hydrogens (tertiary/aromatic N) is 3. The molecule has 9 nitrogen and oxygen atoms in total. The summed E-state index contributed by atoms with van der Waals surface area (Å²) in [5.74, 6) is -0.175. The van der Waals surface area contributed by atoms with Gasteiger partial charge in [0, 0.05) is 25.7 Å². The Kier molecular flexibility index (Phi) is 9.32. The molecule has 12 heteroatoms. The van der Waals surface area contributed by atoms with Crippen LogP contribution in [0, 0.1) is 0 Å². The number of rotatable bonds is 6. The van der Waals surface area contributed by atoms with E-state index < -0.39 is 29.2 Å². The maximum Gasteiger partial charge on any atom is 0.416 e. The van der Waals surface area contributed by atoms with Crippen LogP contribution in [0.25, 0.3) is 5.57 Å². The summed E-state index contributed by atoms with van der Waals surface area (Å²) in [4.78, 5) is 50.9. The second-order valence-corrected chi connectivity index (χ2v) is 14.1. The van der Waals surface area contributed by atoms with Gasteiger partial charge >= 0.3 is 12.2 Å². The van der Waals surface area contributed by atoms with E-state index in [4.69, 9.17) is 4.98 Å². The van der Waals surface area contributed by atoms with Crippen molar-refractivity contribution in [1.82, 2.24) is 25.1 Å². The summed E-state index contributed by atoms with van der Waals surface area (Å²) < 4.78 is 39.7. The van der Waals surface area contributed by atoms with Crippen LogP contribution in [0.15, 0.2) is 59.4 Å². The monoisotopic (exact) mass is 689 g/mol. The van der Waals surface area contributed by atoms with Gasteiger partial charge in [-0.05, 0) is 79.3 Å². The molecule has 3 amide bonds. The van der Waals surface area contributed by atoms with Crippen LogP contribution in [0.4, 0.5) is 18.0 Å². The molecule has 2 fully saturated rings. The van der Waals surface area contributed by atoms with Gasteiger partial charge in [0.1, 0.15) is 5.82 Å². The number of carbonyl (C=O) groups excluding carboxylic acids is 2. The fourth-order valence-electron chi connectivity index (χ4n) is 7.67. The third-order valence-corrected chi connectivity index (χ3v) is 10.8. The second-order valence-electron chi connectivity index (χ2n) is 14.1. The molecule has 2 saturated carbocycles. The number of nitrogens with one attached hydrogen (secondary N) is 2. The number of carbonyl (C=O) groups is 2. The largest absolute Gasteiger partial charge is 0.416 e. The number of aliphatic hydroxyl groups is 1. The lowest BCUT2D eigenvalue weighted by atomic mass is 9.90. The van der Waals surface area contributed by atoms with Crippen LogP contribution in [-0.4, -0.2) is 62.5 Å². The SMILES string of the molecule is O=C(NC1CCCCC1)N1CC=C(c2cccc(C3(c4nc5c(c(=O)[nH]4)CN(C(=O)C(O)c4cccc(C(F)(F)F)c4)CCC5)CC3)c2)CC1. The van der Waals surface area contributed by atoms with Crippen molar-refractivity contribution < 1.29 is 27.9 Å². The first-order valence-electron chi connectivity index (χ1n) is 17.6. The summed E-state index contributed by atoms with van der Waals surface area (Å²) >= 11 is 0. The highest BCUT2D eigenvalue weighted by atomic mass is 19.4. The van der Waals surface area contributed by atoms with E-state index in [9.17, 15) is 32.7 Å². The molecule has 0 bridgehead atoms. The maximum atomic E-state index is 13.6. The Balaban J connectivity index is 1.06. The standard InChI is InChI=1S/C38H42F3N5O4/c39-38(40,41)28-10-5-8-26(22-28)32(47)34(49)46-18-6-13-31-30(23-46)33(48)44-35(43-31)37(16-17-37)27-9-4-7-25(21-27)24-14-19-45(20-15-24)36(50)42-29-11-2-1-3-12-29/h4-5,7-10,14,21-22,29,32,47H,1-3,6,11-13,15-20,23H2,(H,42,50)(H,43,44,48). The van der Waals surface area contributed by atoms with Crippen LogP contribution in [0.2, 0.25) is 0 Å². The van der Waals surface area contributed by atoms with E-state index in [1.807, 2.05) is 11.0 Å². The van der Waals surface area contributed by atoms with Crippen LogP contribution in [0.1, 0.15) is 103 Å². The fraction of sp³-hybridized carbons (Fsp3) is 0.474. The van der Waals surface area contributed by atoms with Crippen LogP contribution < -0.4 is 10.9 Å². The summed E-state index contributed by atoms with van der Waals surface area (Å²) in [6.07, 6.45) is 4.71. The zero-order valence-corrected chi connectivity index (χ0v) is 27.9. The van der Waals surface area contributed by atoms with Crippen molar-refractivity contribution in [2.75, 3.05) is 19.6 Å². The van der Waals surface area contributed by atoms with Crippen molar-refractivity contribution in [3.63, 3.8) is 0 Å². The fourth-order valence-corrected chi connectivity index (χ4v) is 7.67. The molecule has 0 radical (unpaired) electrons. The zero-order chi connectivity index (χ0) is 35.0. The lowest BCUT2D eigenvalue weighted by Crippen LogP contribution is -2.46. The number of hydrogen-bond donors (Lipinski definition) is 3. The van der Waals surface area contributed by atoms with Crippen molar-refractivity contribution in [2.24, 2.45) is 0 Å². The lowest BCUT2D eigenvalue weighted by molar-refractivity contribution is -0.142. The average molecular weight is 690 g/mol. The molecule has 0 spiro atoms. The average Bonchev–Trinajstić information content (AvgIpc) is 3.96. The Morgan fingerprint density at radius 1 is 0.980 bits per heavy atom. The van der Waals surface area contributed by atoms with Crippen molar-refractivity contribution >= 4 is 17.5 Å². The normalized spacial score (nSPS) is 20.0. The number of fused-ring (bicyclic) bond motifs is 1. The topological polar surface area (TPSA) is 119 Å². The first kappa shape index (κ1) is 34.0. The minimum Gasteiger partial charge on any atom is -0.378 e. The van der Waals surface area contributed by atoms with E-state index in [2.05, 4.69) is 34.6 Å². The third kappa shape index (κ3) is 6.95. The molecule has 1 unspecified atom stereocenters. The maximum absolute atomic E-state index is 13.6. The Morgan fingerprint density at radius 2 is 1.76 bits per heavy atom. The summed E-state index contributed by atoms with van der Waals surface area (Å²) in [5, 5.41) is 14.0. The van der Waals surface area contributed by atoms with Gasteiger partial charge < -0.3 is 25.2 Å². The van der Waals surface area contributed by atoms with Gasteiger partial charge in [-0.2, -0.15) is 13.2 Å². The Morgan fingerprint density at radius 3 is 2.48 bits per heavy atom. The van der Waals surface area contributed by atoms with Crippen molar-refractivity contribution in [3.8, 4) is 0 Å². The highest BCUT2D eigenvalue weighted by Gasteiger charge is 2.49. The molecule has 264 valence electrons. The molecule has 2 aromatic carbocycles. The highest BCUT2D eigenvalue weighted by molar-refractivity contribution is 5.82. The van der Waals surface area contributed by atoms with E-state index >= 15 is 0 Å². The predicted molar refractivity (Wildman–Crippen MR) is 181 cm³/mol. The number of H-pyrrole nitrogens is 1. The van der Waals surface area contributed by atoms with Crippen molar-refractivity contribution in [2.45, 2.75) is 94.5 Å². The van der Waals surface area contributed by atoms with E-state index in [1.165, 1.54) is 35.8 Å². The van der Waals surface area contributed by atoms with Gasteiger partial charge in [0.15, 0.2) is 6.10 Å². The number of aromatic nitrogens is 2. The van der Waals surface area contributed by atoms with Gasteiger partial charge in [0.25, 0.3) is 11.5 Å². The molecule has 50 heavy (non-hydrogen) atoms. The van der Waals surface area contributed by atoms with Crippen LogP contribution in [-0.2, 0) is 29.4 Å². The number of halogens is 3. The summed E-state index contributed by atoms with van der Waals surface area (Å²) in [7, 11) is 0. The Labute approximate surface area is 288 Å². The molecule has 2 aliphatic carbocycles. The zero-order valence-electron chi connectivity index (χ0n) is 27.9. The van der Waals surface area contributed by atoms with Crippen LogP contribution >= 0.6 is 0 Å². The number of alkyl halides is 3. The van der Waals surface area contributed by atoms with Crippen LogP contribution in [0.5, 0.6) is 0 Å². The molecule has 3 aromatic rings. The molecular formula is C38H42F3N5O4. The minimum atomic E-state index is -4.61. The highest BCUT2D eigenvalue weighted by Crippen LogP contribution is 2.52. The van der Waals surface area contributed by atoms with E-state index in [1.54, 1.807) is 0 Å². The van der Waals surface area contributed by atoms with Crippen LogP contribution in [0.3, 0.4) is 0 Å². The lowest BCUT2D eigenvalue weighted by Gasteiger charge is -2.30. The molecule has 4 aliphatic rings. The number of amides is 3. The summed E-state index contributed by atoms with van der Waals surface area (Å²) in [5.41, 5.74) is 2.35. The number of aromatic amines is 1. The Bertz CT molecular complexity index is 1860. The Hall–Kier alpha value is -4.45. The molecular weight excluding hydrogens is 647 g/mol. The predicted octanol–water partition coefficient (Wildman–Crippen LogP) is 6.01. The molecule has 2 aliphatic heterocycles. The summed E-state index contributed by atoms with van der Waals surface area (Å²) in [6, 6.07) is 12.7. The van der Waals surface area contributed by atoms with Gasteiger partial charge in [-0.1, -0.05) is 61.7 Å². The van der Waals surface area contributed by atoms with Gasteiger partial charge in [-0.15, -0.1) is 0 Å². The molecule has 1 aromatic heterocycles. The number of hydrogen-bond acceptors (Lipinski definition) is 5. The molecule has 3 N–H and O–H groups in total. The van der Waals surface area contributed by atoms with Gasteiger partial charge in [-0.25, -0.2) is 9.78 Å².